The van der Waals surface area contributed by atoms with Crippen LogP contribution in [0.2, 0.25) is 0 Å². The summed E-state index contributed by atoms with van der Waals surface area (Å²) in [7, 11) is 3.75. The number of halogens is 1. The second-order valence-electron chi connectivity index (χ2n) is 6.42. The number of amides is 1. The molecule has 0 bridgehead atoms. The van der Waals surface area contributed by atoms with Gasteiger partial charge < -0.3 is 15.0 Å². The van der Waals surface area contributed by atoms with E-state index in [1.165, 1.54) is 0 Å². The Kier molecular flexibility index (Phi) is 4.66. The zero-order valence-electron chi connectivity index (χ0n) is 14.0. The van der Waals surface area contributed by atoms with Gasteiger partial charge in [-0.2, -0.15) is 0 Å². The summed E-state index contributed by atoms with van der Waals surface area (Å²) in [5, 5.41) is 3.68. The lowest BCUT2D eigenvalue weighted by atomic mass is 9.91. The van der Waals surface area contributed by atoms with E-state index in [-0.39, 0.29) is 5.91 Å². The largest absolute Gasteiger partial charge is 0.381 e. The Hall–Kier alpha value is -2.21. The Morgan fingerprint density at radius 1 is 1.33 bits per heavy atom. The topological polar surface area (TPSA) is 54.5 Å². The van der Waals surface area contributed by atoms with Gasteiger partial charge in [0.25, 0.3) is 5.91 Å². The predicted octanol–water partition coefficient (Wildman–Crippen LogP) is 2.55. The maximum Gasteiger partial charge on any atom is 0.252 e. The van der Waals surface area contributed by atoms with Gasteiger partial charge in [-0.25, -0.2) is 9.37 Å². The number of nitrogens with zero attached hydrogens (tertiary/aromatic N) is 2. The van der Waals surface area contributed by atoms with E-state index in [9.17, 15) is 9.18 Å². The van der Waals surface area contributed by atoms with Crippen LogP contribution in [0.25, 0.3) is 10.9 Å². The smallest absolute Gasteiger partial charge is 0.252 e. The molecule has 0 radical (unpaired) electrons. The first kappa shape index (κ1) is 16.6. The summed E-state index contributed by atoms with van der Waals surface area (Å²) in [6.07, 6.45) is 0.970. The summed E-state index contributed by atoms with van der Waals surface area (Å²) in [6.45, 7) is 0.333. The van der Waals surface area contributed by atoms with Crippen LogP contribution in [0.1, 0.15) is 23.2 Å². The van der Waals surface area contributed by atoms with Crippen molar-refractivity contribution < 1.29 is 13.9 Å². The summed E-state index contributed by atoms with van der Waals surface area (Å²) in [6, 6.07) is 9.25. The first-order valence-electron chi connectivity index (χ1n) is 8.08. The molecule has 0 saturated carbocycles. The number of pyridine rings is 1. The standard InChI is InChI=1S/C18H22FN3O2/c1-22(2)16-11-14(13-5-3-4-6-15(13)20-16)17(23)21-18(12-19)7-9-24-10-8-18/h3-6,11H,7-10,12H2,1-2H3,(H,21,23). The van der Waals surface area contributed by atoms with Gasteiger partial charge in [0, 0.05) is 32.7 Å². The van der Waals surface area contributed by atoms with E-state index in [0.717, 1.165) is 10.9 Å². The Morgan fingerprint density at radius 2 is 2.04 bits per heavy atom. The molecule has 0 unspecified atom stereocenters. The van der Waals surface area contributed by atoms with Gasteiger partial charge in [-0.1, -0.05) is 18.2 Å². The minimum atomic E-state index is -0.835. The third kappa shape index (κ3) is 3.19. The van der Waals surface area contributed by atoms with Crippen molar-refractivity contribution in [2.24, 2.45) is 0 Å². The Labute approximate surface area is 140 Å². The number of rotatable bonds is 4. The number of alkyl halides is 1. The zero-order valence-corrected chi connectivity index (χ0v) is 14.0. The van der Waals surface area contributed by atoms with Crippen molar-refractivity contribution in [3.05, 3.63) is 35.9 Å². The first-order chi connectivity index (χ1) is 11.5. The van der Waals surface area contributed by atoms with Crippen molar-refractivity contribution in [1.29, 1.82) is 0 Å². The lowest BCUT2D eigenvalue weighted by Gasteiger charge is -2.35. The van der Waals surface area contributed by atoms with Crippen molar-refractivity contribution >= 4 is 22.6 Å². The first-order valence-corrected chi connectivity index (χ1v) is 8.08. The average molecular weight is 331 g/mol. The minimum absolute atomic E-state index is 0.267. The quantitative estimate of drug-likeness (QED) is 0.935. The summed E-state index contributed by atoms with van der Waals surface area (Å²) < 4.78 is 18.9. The molecule has 1 fully saturated rings. The van der Waals surface area contributed by atoms with Gasteiger partial charge in [-0.3, -0.25) is 4.79 Å². The fourth-order valence-electron chi connectivity index (χ4n) is 2.94. The number of anilines is 1. The fraction of sp³-hybridized carbons (Fsp3) is 0.444. The maximum absolute atomic E-state index is 13.6. The number of fused-ring (bicyclic) bond motifs is 1. The van der Waals surface area contributed by atoms with Gasteiger partial charge in [-0.05, 0) is 25.0 Å². The molecular weight excluding hydrogens is 309 g/mol. The van der Waals surface area contributed by atoms with Crippen molar-refractivity contribution in [2.45, 2.75) is 18.4 Å². The molecule has 3 rings (SSSR count). The van der Waals surface area contributed by atoms with E-state index < -0.39 is 12.2 Å². The lowest BCUT2D eigenvalue weighted by Crippen LogP contribution is -2.53. The van der Waals surface area contributed by atoms with Crippen molar-refractivity contribution in [2.75, 3.05) is 38.9 Å². The number of hydrogen-bond acceptors (Lipinski definition) is 4. The molecule has 0 spiro atoms. The molecule has 2 heterocycles. The number of benzene rings is 1. The highest BCUT2D eigenvalue weighted by atomic mass is 19.1. The Morgan fingerprint density at radius 3 is 2.71 bits per heavy atom. The predicted molar refractivity (Wildman–Crippen MR) is 92.3 cm³/mol. The molecule has 0 atom stereocenters. The molecule has 1 aliphatic rings. The highest BCUT2D eigenvalue weighted by Gasteiger charge is 2.35. The third-order valence-electron chi connectivity index (χ3n) is 4.49. The molecule has 5 nitrogen and oxygen atoms in total. The number of hydrogen-bond donors (Lipinski definition) is 1. The van der Waals surface area contributed by atoms with E-state index in [2.05, 4.69) is 10.3 Å². The summed E-state index contributed by atoms with van der Waals surface area (Å²) in [5.41, 5.74) is 0.427. The van der Waals surface area contributed by atoms with Gasteiger partial charge in [0.2, 0.25) is 0 Å². The number of nitrogens with one attached hydrogen (secondary N) is 1. The van der Waals surface area contributed by atoms with Crippen LogP contribution < -0.4 is 10.2 Å². The van der Waals surface area contributed by atoms with Gasteiger partial charge in [0.15, 0.2) is 0 Å². The van der Waals surface area contributed by atoms with Gasteiger partial charge in [0.05, 0.1) is 16.6 Å². The summed E-state index contributed by atoms with van der Waals surface area (Å²) in [4.78, 5) is 19.3. The molecule has 0 aliphatic carbocycles. The molecule has 1 N–H and O–H groups in total. The molecular formula is C18H22FN3O2. The van der Waals surface area contributed by atoms with Crippen LogP contribution >= 0.6 is 0 Å². The molecule has 24 heavy (non-hydrogen) atoms. The van der Waals surface area contributed by atoms with Crippen LogP contribution in [-0.4, -0.2) is 50.4 Å². The molecule has 1 aromatic carbocycles. The minimum Gasteiger partial charge on any atom is -0.381 e. The van der Waals surface area contributed by atoms with Crippen molar-refractivity contribution in [3.8, 4) is 0 Å². The summed E-state index contributed by atoms with van der Waals surface area (Å²) in [5.74, 6) is 0.427. The second kappa shape index (κ2) is 6.73. The third-order valence-corrected chi connectivity index (χ3v) is 4.49. The number of carbonyl (C=O) groups excluding carboxylic acids is 1. The molecule has 1 saturated heterocycles. The monoisotopic (exact) mass is 331 g/mol. The highest BCUT2D eigenvalue weighted by molar-refractivity contribution is 6.07. The van der Waals surface area contributed by atoms with E-state index in [4.69, 9.17) is 4.74 Å². The molecule has 6 heteroatoms. The zero-order chi connectivity index (χ0) is 17.2. The molecule has 2 aromatic rings. The maximum atomic E-state index is 13.6. The van der Waals surface area contributed by atoms with E-state index in [0.29, 0.717) is 37.4 Å². The lowest BCUT2D eigenvalue weighted by molar-refractivity contribution is 0.0266. The molecule has 1 aliphatic heterocycles. The number of para-hydroxylation sites is 1. The average Bonchev–Trinajstić information content (AvgIpc) is 2.61. The van der Waals surface area contributed by atoms with Gasteiger partial charge in [0.1, 0.15) is 12.5 Å². The van der Waals surface area contributed by atoms with Crippen molar-refractivity contribution in [3.63, 3.8) is 0 Å². The Bertz CT molecular complexity index is 742. The molecule has 1 aromatic heterocycles. The van der Waals surface area contributed by atoms with Crippen LogP contribution in [0.5, 0.6) is 0 Å². The number of ether oxygens (including phenoxy) is 1. The fourth-order valence-corrected chi connectivity index (χ4v) is 2.94. The Balaban J connectivity index is 1.99. The number of carbonyl (C=O) groups is 1. The van der Waals surface area contributed by atoms with Gasteiger partial charge in [-0.15, -0.1) is 0 Å². The van der Waals surface area contributed by atoms with Crippen LogP contribution in [0.15, 0.2) is 30.3 Å². The number of aromatic nitrogens is 1. The van der Waals surface area contributed by atoms with Crippen LogP contribution in [-0.2, 0) is 4.74 Å². The van der Waals surface area contributed by atoms with Crippen LogP contribution in [0.3, 0.4) is 0 Å². The van der Waals surface area contributed by atoms with Crippen LogP contribution in [0, 0.1) is 0 Å². The van der Waals surface area contributed by atoms with E-state index in [1.807, 2.05) is 43.3 Å². The van der Waals surface area contributed by atoms with E-state index in [1.54, 1.807) is 6.07 Å². The molecule has 1 amide bonds. The van der Waals surface area contributed by atoms with Crippen molar-refractivity contribution in [1.82, 2.24) is 10.3 Å². The SMILES string of the molecule is CN(C)c1cc(C(=O)NC2(CF)CCOCC2)c2ccccc2n1. The van der Waals surface area contributed by atoms with E-state index >= 15 is 0 Å². The van der Waals surface area contributed by atoms with Gasteiger partial charge >= 0.3 is 0 Å². The normalized spacial score (nSPS) is 16.8. The highest BCUT2D eigenvalue weighted by Crippen LogP contribution is 2.25. The van der Waals surface area contributed by atoms with Crippen LogP contribution in [0.4, 0.5) is 10.2 Å². The summed E-state index contributed by atoms with van der Waals surface area (Å²) >= 11 is 0. The molecule has 128 valence electrons. The second-order valence-corrected chi connectivity index (χ2v) is 6.42.